The molecule has 3 N–H and O–H groups in total. The Morgan fingerprint density at radius 2 is 2.23 bits per heavy atom. The van der Waals surface area contributed by atoms with Crippen molar-refractivity contribution in [3.8, 4) is 0 Å². The van der Waals surface area contributed by atoms with Crippen molar-refractivity contribution in [1.29, 1.82) is 0 Å². The first-order valence-electron chi connectivity index (χ1n) is 10.8. The highest BCUT2D eigenvalue weighted by molar-refractivity contribution is 5.48. The number of rotatable bonds is 7. The van der Waals surface area contributed by atoms with Crippen LogP contribution < -0.4 is 22.0 Å². The molecule has 6 heteroatoms. The number of hydrogen-bond donors (Lipinski definition) is 2. The fourth-order valence-corrected chi connectivity index (χ4v) is 4.20. The van der Waals surface area contributed by atoms with E-state index in [1.165, 1.54) is 10.8 Å². The number of pyridine rings is 1. The van der Waals surface area contributed by atoms with Gasteiger partial charge in [0.15, 0.2) is 5.65 Å². The maximum absolute atomic E-state index is 11.9. The van der Waals surface area contributed by atoms with Gasteiger partial charge in [-0.2, -0.15) is 5.10 Å². The van der Waals surface area contributed by atoms with E-state index in [0.29, 0.717) is 5.65 Å². The van der Waals surface area contributed by atoms with Crippen molar-refractivity contribution >= 4 is 11.7 Å². The van der Waals surface area contributed by atoms with Crippen molar-refractivity contribution in [2.45, 2.75) is 44.2 Å². The molecular formula is C25H29N5O. The van der Waals surface area contributed by atoms with Gasteiger partial charge in [-0.25, -0.2) is 14.3 Å². The van der Waals surface area contributed by atoms with Gasteiger partial charge in [-0.05, 0) is 44.2 Å². The zero-order valence-electron chi connectivity index (χ0n) is 17.9. The van der Waals surface area contributed by atoms with Crippen molar-refractivity contribution in [3.63, 3.8) is 0 Å². The standard InChI is InChI=1S/C25H29N5O/c1-3-5-6-7-10-18-17-20-22(13-16-30-23(20)28-29-24(30)31)27-21(18)12-8-11-19(4-2)25(26)14-9-15-25/h3-8,11-13,16-18,21H,2,9-10,14-15,26H2,1H3,(H,29,31)/b5-3-,7-6-,12-8+,19-11+. The van der Waals surface area contributed by atoms with E-state index in [1.807, 2.05) is 37.3 Å². The van der Waals surface area contributed by atoms with Crippen LogP contribution in [0.4, 0.5) is 0 Å². The quantitative estimate of drug-likeness (QED) is 0.681. The van der Waals surface area contributed by atoms with Crippen LogP contribution in [0.3, 0.4) is 0 Å². The Hall–Kier alpha value is -3.25. The molecule has 160 valence electrons. The fourth-order valence-electron chi connectivity index (χ4n) is 4.20. The van der Waals surface area contributed by atoms with E-state index in [4.69, 9.17) is 10.7 Å². The SMILES string of the molecule is C=C/C(=C\C=C\C1N=c2ccn3c(=O)[nH]nc3c2=CC1C/C=C\C=C/C)C1(N)CCC1. The minimum atomic E-state index is -0.244. The molecule has 2 aliphatic rings. The minimum Gasteiger partial charge on any atom is -0.321 e. The van der Waals surface area contributed by atoms with Crippen molar-refractivity contribution in [2.24, 2.45) is 16.6 Å². The summed E-state index contributed by atoms with van der Waals surface area (Å²) in [5.74, 6) is 0.152. The van der Waals surface area contributed by atoms with Gasteiger partial charge in [0.1, 0.15) is 0 Å². The van der Waals surface area contributed by atoms with E-state index in [-0.39, 0.29) is 23.2 Å². The van der Waals surface area contributed by atoms with Gasteiger partial charge in [0.2, 0.25) is 0 Å². The first-order chi connectivity index (χ1) is 15.1. The maximum Gasteiger partial charge on any atom is 0.347 e. The number of fused-ring (bicyclic) bond motifs is 3. The lowest BCUT2D eigenvalue weighted by Crippen LogP contribution is -2.47. The Bertz CT molecular complexity index is 1270. The molecular weight excluding hydrogens is 386 g/mol. The molecule has 2 unspecified atom stereocenters. The van der Waals surface area contributed by atoms with Crippen molar-refractivity contribution < 1.29 is 0 Å². The molecule has 1 aliphatic heterocycles. The molecule has 2 aromatic heterocycles. The largest absolute Gasteiger partial charge is 0.347 e. The van der Waals surface area contributed by atoms with Crippen molar-refractivity contribution in [2.75, 3.05) is 0 Å². The Balaban J connectivity index is 1.70. The summed E-state index contributed by atoms with van der Waals surface area (Å²) in [4.78, 5) is 16.9. The van der Waals surface area contributed by atoms with Crippen molar-refractivity contribution in [3.05, 3.63) is 94.1 Å². The topological polar surface area (TPSA) is 88.5 Å². The second kappa shape index (κ2) is 8.86. The average molecular weight is 416 g/mol. The molecule has 2 atom stereocenters. The number of aromatic amines is 1. The summed E-state index contributed by atoms with van der Waals surface area (Å²) in [6.45, 7) is 5.94. The molecule has 31 heavy (non-hydrogen) atoms. The summed E-state index contributed by atoms with van der Waals surface area (Å²) in [5.41, 5.74) is 7.67. The van der Waals surface area contributed by atoms with Gasteiger partial charge in [0.05, 0.1) is 11.4 Å². The lowest BCUT2D eigenvalue weighted by Gasteiger charge is -2.39. The molecule has 6 nitrogen and oxygen atoms in total. The second-order valence-electron chi connectivity index (χ2n) is 8.20. The Labute approximate surface area is 181 Å². The monoisotopic (exact) mass is 415 g/mol. The predicted octanol–water partition coefficient (Wildman–Crippen LogP) is 2.49. The third kappa shape index (κ3) is 4.16. The van der Waals surface area contributed by atoms with Gasteiger partial charge >= 0.3 is 5.69 Å². The normalized spacial score (nSPS) is 23.1. The second-order valence-corrected chi connectivity index (χ2v) is 8.20. The molecule has 4 rings (SSSR count). The molecule has 0 amide bonds. The van der Waals surface area contributed by atoms with Crippen LogP contribution in [-0.4, -0.2) is 26.2 Å². The molecule has 1 fully saturated rings. The van der Waals surface area contributed by atoms with Gasteiger partial charge in [0, 0.05) is 22.9 Å². The first-order valence-corrected chi connectivity index (χ1v) is 10.8. The average Bonchev–Trinajstić information content (AvgIpc) is 3.14. The van der Waals surface area contributed by atoms with Crippen LogP contribution in [-0.2, 0) is 0 Å². The van der Waals surface area contributed by atoms with Crippen LogP contribution in [0.2, 0.25) is 0 Å². The maximum atomic E-state index is 11.9. The van der Waals surface area contributed by atoms with E-state index >= 15 is 0 Å². The molecule has 2 aromatic rings. The fraction of sp³-hybridized carbons (Fsp3) is 0.320. The van der Waals surface area contributed by atoms with E-state index in [0.717, 1.165) is 35.4 Å². The minimum absolute atomic E-state index is 0.0201. The van der Waals surface area contributed by atoms with Gasteiger partial charge in [-0.1, -0.05) is 61.3 Å². The molecule has 3 heterocycles. The van der Waals surface area contributed by atoms with E-state index < -0.39 is 0 Å². The summed E-state index contributed by atoms with van der Waals surface area (Å²) in [5, 5.41) is 8.45. The summed E-state index contributed by atoms with van der Waals surface area (Å²) >= 11 is 0. The van der Waals surface area contributed by atoms with Gasteiger partial charge < -0.3 is 5.73 Å². The molecule has 0 spiro atoms. The van der Waals surface area contributed by atoms with E-state index in [1.54, 1.807) is 6.20 Å². The number of hydrogen-bond acceptors (Lipinski definition) is 4. The van der Waals surface area contributed by atoms with E-state index in [9.17, 15) is 4.79 Å². The number of H-pyrrole nitrogens is 1. The Morgan fingerprint density at radius 3 is 2.94 bits per heavy atom. The third-order valence-electron chi connectivity index (χ3n) is 6.18. The third-order valence-corrected chi connectivity index (χ3v) is 6.18. The van der Waals surface area contributed by atoms with Gasteiger partial charge in [0.25, 0.3) is 0 Å². The van der Waals surface area contributed by atoms with Crippen LogP contribution in [0.25, 0.3) is 11.7 Å². The highest BCUT2D eigenvalue weighted by atomic mass is 16.1. The molecule has 0 aromatic carbocycles. The molecule has 1 saturated carbocycles. The zero-order valence-corrected chi connectivity index (χ0v) is 17.9. The van der Waals surface area contributed by atoms with Gasteiger partial charge in [-0.15, -0.1) is 0 Å². The van der Waals surface area contributed by atoms with Crippen LogP contribution in [0, 0.1) is 5.92 Å². The van der Waals surface area contributed by atoms with Crippen molar-refractivity contribution in [1.82, 2.24) is 14.6 Å². The van der Waals surface area contributed by atoms with E-state index in [2.05, 4.69) is 47.2 Å². The smallest absolute Gasteiger partial charge is 0.321 e. The van der Waals surface area contributed by atoms with Crippen LogP contribution >= 0.6 is 0 Å². The number of nitrogens with one attached hydrogen (secondary N) is 1. The number of nitrogens with two attached hydrogens (primary N) is 1. The van der Waals surface area contributed by atoms with Gasteiger partial charge in [-0.3, -0.25) is 4.99 Å². The molecule has 0 saturated heterocycles. The highest BCUT2D eigenvalue weighted by Gasteiger charge is 2.34. The zero-order chi connectivity index (χ0) is 21.8. The number of allylic oxidation sites excluding steroid dienone is 6. The Kier molecular flexibility index (Phi) is 6.00. The summed E-state index contributed by atoms with van der Waals surface area (Å²) in [6.07, 6.45) is 24.2. The first kappa shape index (κ1) is 21.0. The van der Waals surface area contributed by atoms with Crippen LogP contribution in [0.5, 0.6) is 0 Å². The lowest BCUT2D eigenvalue weighted by atomic mass is 9.72. The highest BCUT2D eigenvalue weighted by Crippen LogP contribution is 2.36. The van der Waals surface area contributed by atoms with Crippen LogP contribution in [0.15, 0.2) is 82.8 Å². The number of aromatic nitrogens is 3. The lowest BCUT2D eigenvalue weighted by molar-refractivity contribution is 0.304. The summed E-state index contributed by atoms with van der Waals surface area (Å²) < 4.78 is 1.52. The molecule has 0 radical (unpaired) electrons. The number of nitrogens with zero attached hydrogens (tertiary/aromatic N) is 3. The summed E-state index contributed by atoms with van der Waals surface area (Å²) in [7, 11) is 0. The molecule has 0 bridgehead atoms. The molecule has 1 aliphatic carbocycles. The predicted molar refractivity (Wildman–Crippen MR) is 125 cm³/mol. The van der Waals surface area contributed by atoms with Crippen LogP contribution in [0.1, 0.15) is 32.6 Å². The Morgan fingerprint density at radius 1 is 1.39 bits per heavy atom. The summed E-state index contributed by atoms with van der Waals surface area (Å²) in [6, 6.07) is 1.85.